The fraction of sp³-hybridized carbons (Fsp3) is 0.143. The molecular formula is C7H5I2O6S2-. The van der Waals surface area contributed by atoms with Crippen LogP contribution in [-0.4, -0.2) is 27.6 Å². The lowest BCUT2D eigenvalue weighted by atomic mass is 10.3. The van der Waals surface area contributed by atoms with Crippen LogP contribution in [0, 0.1) is 7.14 Å². The Labute approximate surface area is 126 Å². The van der Waals surface area contributed by atoms with Crippen LogP contribution in [0.15, 0.2) is 17.0 Å². The van der Waals surface area contributed by atoms with Gasteiger partial charge in [-0.05, 0) is 57.3 Å². The van der Waals surface area contributed by atoms with Crippen LogP contribution in [0.5, 0.6) is 5.75 Å². The van der Waals surface area contributed by atoms with Gasteiger partial charge in [0, 0.05) is 7.14 Å². The fourth-order valence-corrected chi connectivity index (χ4v) is 5.37. The topological polar surface area (TPSA) is 101 Å². The minimum atomic E-state index is -4.59. The van der Waals surface area contributed by atoms with Crippen molar-refractivity contribution in [1.29, 1.82) is 0 Å². The Bertz CT molecular complexity index is 626. The average Bonchev–Trinajstić information content (AvgIpc) is 1.94. The van der Waals surface area contributed by atoms with Gasteiger partial charge in [0.25, 0.3) is 0 Å². The maximum absolute atomic E-state index is 10.9. The first-order valence-corrected chi connectivity index (χ1v) is 9.23. The third-order valence-corrected chi connectivity index (χ3v) is 5.34. The smallest absolute Gasteiger partial charge is 0.306 e. The lowest BCUT2D eigenvalue weighted by molar-refractivity contribution is 0.461. The maximum Gasteiger partial charge on any atom is 0.306 e. The second-order valence-corrected chi connectivity index (χ2v) is 8.17. The minimum Gasteiger partial charge on any atom is -0.744 e. The van der Waals surface area contributed by atoms with Crippen LogP contribution in [0.1, 0.15) is 0 Å². The van der Waals surface area contributed by atoms with Gasteiger partial charge in [-0.15, -0.1) is 0 Å². The molecule has 0 radical (unpaired) electrons. The molecule has 0 aliphatic carbocycles. The van der Waals surface area contributed by atoms with Crippen LogP contribution < -0.4 is 4.18 Å². The molecule has 0 fully saturated rings. The highest BCUT2D eigenvalue weighted by molar-refractivity contribution is 14.1. The van der Waals surface area contributed by atoms with Gasteiger partial charge >= 0.3 is 10.1 Å². The van der Waals surface area contributed by atoms with Crippen molar-refractivity contribution >= 4 is 65.4 Å². The molecule has 0 bridgehead atoms. The average molecular weight is 503 g/mol. The Morgan fingerprint density at radius 3 is 1.82 bits per heavy atom. The molecule has 0 spiro atoms. The van der Waals surface area contributed by atoms with Gasteiger partial charge in [0.05, 0.1) is 11.2 Å². The molecular weight excluding hydrogens is 498 g/mol. The van der Waals surface area contributed by atoms with E-state index in [0.717, 1.165) is 6.26 Å². The first-order valence-electron chi connectivity index (χ1n) is 3.85. The molecule has 0 amide bonds. The highest BCUT2D eigenvalue weighted by Gasteiger charge is 2.15. The van der Waals surface area contributed by atoms with Crippen molar-refractivity contribution in [3.8, 4) is 5.75 Å². The van der Waals surface area contributed by atoms with Gasteiger partial charge in [-0.1, -0.05) is 0 Å². The van der Waals surface area contributed by atoms with Crippen molar-refractivity contribution in [1.82, 2.24) is 0 Å². The molecule has 0 N–H and O–H groups in total. The molecule has 0 saturated heterocycles. The Morgan fingerprint density at radius 2 is 1.53 bits per heavy atom. The van der Waals surface area contributed by atoms with E-state index >= 15 is 0 Å². The van der Waals surface area contributed by atoms with Crippen molar-refractivity contribution in [2.75, 3.05) is 6.26 Å². The Kier molecular flexibility index (Phi) is 4.66. The van der Waals surface area contributed by atoms with E-state index in [4.69, 9.17) is 0 Å². The molecule has 6 nitrogen and oxygen atoms in total. The van der Waals surface area contributed by atoms with Crippen molar-refractivity contribution < 1.29 is 25.6 Å². The van der Waals surface area contributed by atoms with Gasteiger partial charge in [-0.3, -0.25) is 0 Å². The highest BCUT2D eigenvalue weighted by atomic mass is 127. The lowest BCUT2D eigenvalue weighted by Crippen LogP contribution is -2.08. The van der Waals surface area contributed by atoms with Gasteiger partial charge in [-0.25, -0.2) is 8.42 Å². The third kappa shape index (κ3) is 4.50. The predicted molar refractivity (Wildman–Crippen MR) is 75.3 cm³/mol. The summed E-state index contributed by atoms with van der Waals surface area (Å²) < 4.78 is 59.5. The number of hydrogen-bond donors (Lipinski definition) is 0. The van der Waals surface area contributed by atoms with Crippen LogP contribution in [0.4, 0.5) is 0 Å². The number of hydrogen-bond acceptors (Lipinski definition) is 6. The van der Waals surface area contributed by atoms with Gasteiger partial charge in [0.15, 0.2) is 0 Å². The molecule has 1 aromatic rings. The zero-order valence-corrected chi connectivity index (χ0v) is 14.1. The van der Waals surface area contributed by atoms with E-state index in [1.54, 1.807) is 45.2 Å². The molecule has 0 aliphatic heterocycles. The van der Waals surface area contributed by atoms with Gasteiger partial charge in [0.1, 0.15) is 15.9 Å². The number of halogens is 2. The summed E-state index contributed by atoms with van der Waals surface area (Å²) in [4.78, 5) is -0.375. The summed E-state index contributed by atoms with van der Waals surface area (Å²) in [6, 6.07) is 2.35. The normalized spacial score (nSPS) is 12.5. The third-order valence-electron chi connectivity index (χ3n) is 1.47. The Morgan fingerprint density at radius 1 is 1.12 bits per heavy atom. The zero-order valence-electron chi connectivity index (χ0n) is 8.18. The van der Waals surface area contributed by atoms with Crippen LogP contribution >= 0.6 is 45.2 Å². The molecule has 17 heavy (non-hydrogen) atoms. The number of rotatable bonds is 3. The van der Waals surface area contributed by atoms with E-state index in [2.05, 4.69) is 4.18 Å². The molecule has 10 heteroatoms. The van der Waals surface area contributed by atoms with Crippen LogP contribution in [0.2, 0.25) is 0 Å². The fourth-order valence-electron chi connectivity index (χ4n) is 0.998. The summed E-state index contributed by atoms with van der Waals surface area (Å²) >= 11 is 3.26. The zero-order chi connectivity index (χ0) is 13.4. The summed E-state index contributed by atoms with van der Waals surface area (Å²) in [7, 11) is -8.29. The first-order chi connectivity index (χ1) is 7.50. The van der Waals surface area contributed by atoms with E-state index in [0.29, 0.717) is 0 Å². The van der Waals surface area contributed by atoms with Crippen molar-refractivity contribution in [2.24, 2.45) is 0 Å². The molecule has 0 saturated carbocycles. The first kappa shape index (κ1) is 15.4. The highest BCUT2D eigenvalue weighted by Crippen LogP contribution is 2.29. The molecule has 1 rings (SSSR count). The lowest BCUT2D eigenvalue weighted by Gasteiger charge is -2.13. The van der Waals surface area contributed by atoms with Crippen LogP contribution in [-0.2, 0) is 20.2 Å². The SMILES string of the molecule is CS(=O)(=O)Oc1cc(I)c(S(=O)(=O)[O-])c(I)c1. The molecule has 0 aromatic heterocycles. The second-order valence-electron chi connectivity index (χ2n) is 2.96. The summed E-state index contributed by atoms with van der Waals surface area (Å²) in [6.45, 7) is 0. The van der Waals surface area contributed by atoms with E-state index in [1.165, 1.54) is 12.1 Å². The van der Waals surface area contributed by atoms with Crippen LogP contribution in [0.25, 0.3) is 0 Å². The molecule has 0 aliphatic rings. The van der Waals surface area contributed by atoms with Gasteiger partial charge in [-0.2, -0.15) is 8.42 Å². The maximum atomic E-state index is 10.9. The largest absolute Gasteiger partial charge is 0.744 e. The molecule has 0 unspecified atom stereocenters. The van der Waals surface area contributed by atoms with Gasteiger partial charge < -0.3 is 8.74 Å². The van der Waals surface area contributed by atoms with E-state index in [9.17, 15) is 21.4 Å². The summed E-state index contributed by atoms with van der Waals surface area (Å²) in [6.07, 6.45) is 0.866. The molecule has 96 valence electrons. The molecule has 0 atom stereocenters. The van der Waals surface area contributed by atoms with E-state index < -0.39 is 20.2 Å². The summed E-state index contributed by atoms with van der Waals surface area (Å²) in [5, 5.41) is 0. The Hall–Kier alpha value is 0.340. The Balaban J connectivity index is 3.39. The summed E-state index contributed by atoms with van der Waals surface area (Å²) in [5.41, 5.74) is 0. The van der Waals surface area contributed by atoms with Crippen molar-refractivity contribution in [2.45, 2.75) is 4.90 Å². The summed E-state index contributed by atoms with van der Waals surface area (Å²) in [5.74, 6) is -0.0336. The number of benzene rings is 1. The standard InChI is InChI=1S/C7H6I2O6S2/c1-16(10,11)15-4-2-5(8)7(6(9)3-4)17(12,13)14/h2-3H,1H3,(H,12,13,14)/p-1. The second kappa shape index (κ2) is 5.14. The van der Waals surface area contributed by atoms with Gasteiger partial charge in [0.2, 0.25) is 0 Å². The van der Waals surface area contributed by atoms with E-state index in [-0.39, 0.29) is 17.8 Å². The predicted octanol–water partition coefficient (Wildman–Crippen LogP) is 1.14. The molecule has 0 heterocycles. The minimum absolute atomic E-state index is 0.0336. The van der Waals surface area contributed by atoms with E-state index in [1.807, 2.05) is 0 Å². The monoisotopic (exact) mass is 503 g/mol. The molecule has 1 aromatic carbocycles. The van der Waals surface area contributed by atoms with Crippen molar-refractivity contribution in [3.63, 3.8) is 0 Å². The van der Waals surface area contributed by atoms with Crippen LogP contribution in [0.3, 0.4) is 0 Å². The van der Waals surface area contributed by atoms with Crippen molar-refractivity contribution in [3.05, 3.63) is 19.3 Å². The quantitative estimate of drug-likeness (QED) is 0.349.